The Bertz CT molecular complexity index is 1750. The molecule has 2 aromatic carbocycles. The van der Waals surface area contributed by atoms with Crippen molar-refractivity contribution in [2.45, 2.75) is 38.0 Å². The van der Waals surface area contributed by atoms with Crippen molar-refractivity contribution in [2.24, 2.45) is 17.8 Å². The number of amides is 2. The second-order valence-corrected chi connectivity index (χ2v) is 12.0. The van der Waals surface area contributed by atoms with Crippen LogP contribution in [0.15, 0.2) is 69.8 Å². The van der Waals surface area contributed by atoms with Crippen molar-refractivity contribution in [2.75, 3.05) is 4.90 Å². The molecule has 2 amide bonds. The van der Waals surface area contributed by atoms with Crippen LogP contribution in [0.25, 0.3) is 0 Å². The summed E-state index contributed by atoms with van der Waals surface area (Å²) in [4.78, 5) is 54.5. The van der Waals surface area contributed by atoms with Crippen LogP contribution in [0, 0.1) is 24.7 Å². The highest BCUT2D eigenvalue weighted by Gasteiger charge is 2.57. The first-order valence-electron chi connectivity index (χ1n) is 13.4. The molecule has 4 atom stereocenters. The first kappa shape index (κ1) is 30.0. The third kappa shape index (κ3) is 4.54. The monoisotopic (exact) mass is 679 g/mol. The van der Waals surface area contributed by atoms with Crippen molar-refractivity contribution in [1.82, 2.24) is 0 Å². The van der Waals surface area contributed by atoms with Gasteiger partial charge in [0.05, 0.1) is 33.1 Å². The van der Waals surface area contributed by atoms with Crippen LogP contribution in [-0.2, 0) is 31.5 Å². The van der Waals surface area contributed by atoms with E-state index >= 15 is 0 Å². The maximum Gasteiger partial charge on any atom is 0.416 e. The largest absolute Gasteiger partial charge is 0.507 e. The third-order valence-electron chi connectivity index (χ3n) is 8.74. The molecule has 0 saturated carbocycles. The molecule has 44 heavy (non-hydrogen) atoms. The molecule has 2 aromatic rings. The predicted octanol–water partition coefficient (Wildman–Crippen LogP) is 6.70. The van der Waals surface area contributed by atoms with Crippen LogP contribution in [-0.4, -0.2) is 28.5 Å². The van der Waals surface area contributed by atoms with Gasteiger partial charge >= 0.3 is 12.4 Å². The summed E-state index contributed by atoms with van der Waals surface area (Å²) in [6.07, 6.45) is -7.94. The molecule has 4 unspecified atom stereocenters. The normalized spacial score (nSPS) is 25.5. The zero-order valence-electron chi connectivity index (χ0n) is 22.5. The number of halogens is 7. The Balaban J connectivity index is 1.49. The molecule has 0 radical (unpaired) electrons. The minimum Gasteiger partial charge on any atom is -0.507 e. The van der Waals surface area contributed by atoms with Gasteiger partial charge in [0.2, 0.25) is 11.8 Å². The van der Waals surface area contributed by atoms with Gasteiger partial charge in [0.15, 0.2) is 11.6 Å². The van der Waals surface area contributed by atoms with Gasteiger partial charge in [-0.1, -0.05) is 29.8 Å². The number of hydrogen-bond donors (Lipinski definition) is 1. The Kier molecular flexibility index (Phi) is 6.84. The summed E-state index contributed by atoms with van der Waals surface area (Å²) in [5, 5.41) is 11.0. The Labute approximate surface area is 253 Å². The molecular formula is C31H20BrF6NO5. The van der Waals surface area contributed by atoms with Gasteiger partial charge in [0.25, 0.3) is 0 Å². The number of rotatable bonds is 2. The average Bonchev–Trinajstić information content (AvgIpc) is 3.20. The lowest BCUT2D eigenvalue weighted by Crippen LogP contribution is -2.39. The van der Waals surface area contributed by atoms with Gasteiger partial charge in [-0.15, -0.1) is 0 Å². The molecule has 1 fully saturated rings. The third-order valence-corrected chi connectivity index (χ3v) is 9.33. The SMILES string of the molecule is Cc1cccc(C2C3=CCC4C(=O)N(c5cc(C(F)(F)F)cc(C(F)(F)F)c5)C(=O)C4C3CC3=C2C(=O)C=C(Br)C3=O)c1O. The van der Waals surface area contributed by atoms with Crippen molar-refractivity contribution in [3.8, 4) is 5.75 Å². The van der Waals surface area contributed by atoms with E-state index in [0.717, 1.165) is 6.08 Å². The van der Waals surface area contributed by atoms with E-state index in [0.29, 0.717) is 28.2 Å². The summed E-state index contributed by atoms with van der Waals surface area (Å²) in [6, 6.07) is 5.40. The molecule has 6 rings (SSSR count). The number of anilines is 1. The number of Topliss-reactive ketones (excluding diaryl/α,β-unsaturated/α-hetero) is 1. The van der Waals surface area contributed by atoms with Crippen molar-refractivity contribution >= 4 is 45.0 Å². The van der Waals surface area contributed by atoms with Gasteiger partial charge in [-0.25, -0.2) is 4.90 Å². The number of benzene rings is 2. The average molecular weight is 680 g/mol. The van der Waals surface area contributed by atoms with Gasteiger partial charge in [-0.05, 0) is 65.4 Å². The van der Waals surface area contributed by atoms with E-state index in [1.807, 2.05) is 0 Å². The summed E-state index contributed by atoms with van der Waals surface area (Å²) < 4.78 is 81.6. The summed E-state index contributed by atoms with van der Waals surface area (Å²) in [6.45, 7) is 1.63. The number of carbonyl (C=O) groups is 4. The van der Waals surface area contributed by atoms with Crippen LogP contribution >= 0.6 is 15.9 Å². The van der Waals surface area contributed by atoms with Crippen LogP contribution in [0.2, 0.25) is 0 Å². The van der Waals surface area contributed by atoms with Gasteiger partial charge in [0, 0.05) is 28.7 Å². The van der Waals surface area contributed by atoms with Crippen LogP contribution in [0.4, 0.5) is 32.0 Å². The maximum absolute atomic E-state index is 13.9. The molecule has 0 aromatic heterocycles. The molecule has 6 nitrogen and oxygen atoms in total. The molecule has 0 spiro atoms. The number of hydrogen-bond acceptors (Lipinski definition) is 5. The van der Waals surface area contributed by atoms with E-state index in [2.05, 4.69) is 15.9 Å². The number of nitrogens with zero attached hydrogens (tertiary/aromatic N) is 1. The van der Waals surface area contributed by atoms with Crippen molar-refractivity contribution in [1.29, 1.82) is 0 Å². The van der Waals surface area contributed by atoms with Crippen LogP contribution < -0.4 is 4.90 Å². The van der Waals surface area contributed by atoms with Crippen LogP contribution in [0.3, 0.4) is 0 Å². The van der Waals surface area contributed by atoms with E-state index in [1.54, 1.807) is 31.2 Å². The Morgan fingerprint density at radius 2 is 1.55 bits per heavy atom. The minimum atomic E-state index is -5.20. The number of imide groups is 1. The maximum atomic E-state index is 13.9. The summed E-state index contributed by atoms with van der Waals surface area (Å²) >= 11 is 3.09. The second-order valence-electron chi connectivity index (χ2n) is 11.2. The fourth-order valence-electron chi connectivity index (χ4n) is 6.80. The highest BCUT2D eigenvalue weighted by Crippen LogP contribution is 2.57. The number of fused-ring (bicyclic) bond motifs is 3. The van der Waals surface area contributed by atoms with E-state index in [1.165, 1.54) is 0 Å². The molecular weight excluding hydrogens is 660 g/mol. The van der Waals surface area contributed by atoms with Crippen LogP contribution in [0.5, 0.6) is 5.75 Å². The smallest absolute Gasteiger partial charge is 0.416 e. The van der Waals surface area contributed by atoms with Crippen molar-refractivity contribution in [3.05, 3.63) is 92.0 Å². The Morgan fingerprint density at radius 3 is 2.16 bits per heavy atom. The lowest BCUT2D eigenvalue weighted by molar-refractivity contribution is -0.143. The number of alkyl halides is 6. The molecule has 1 heterocycles. The molecule has 1 aliphatic heterocycles. The zero-order valence-corrected chi connectivity index (χ0v) is 24.1. The molecule has 3 aliphatic carbocycles. The highest BCUT2D eigenvalue weighted by molar-refractivity contribution is 9.12. The van der Waals surface area contributed by atoms with E-state index in [-0.39, 0.29) is 45.8 Å². The Morgan fingerprint density at radius 1 is 0.909 bits per heavy atom. The van der Waals surface area contributed by atoms with Crippen LogP contribution in [0.1, 0.15) is 41.0 Å². The van der Waals surface area contributed by atoms with E-state index < -0.39 is 76.2 Å². The highest BCUT2D eigenvalue weighted by atomic mass is 79.9. The van der Waals surface area contributed by atoms with E-state index in [4.69, 9.17) is 0 Å². The number of aryl methyl sites for hydroxylation is 1. The Hall–Kier alpha value is -4.00. The first-order valence-corrected chi connectivity index (χ1v) is 14.1. The number of phenols is 1. The summed E-state index contributed by atoms with van der Waals surface area (Å²) in [5.41, 5.74) is -2.87. The fourth-order valence-corrected chi connectivity index (χ4v) is 7.25. The number of carbonyl (C=O) groups excluding carboxylic acids is 4. The first-order chi connectivity index (χ1) is 20.5. The number of allylic oxidation sites excluding steroid dienone is 6. The fraction of sp³-hybridized carbons (Fsp3) is 0.290. The standard InChI is InChI=1S/C31H20BrF6NO5/c1-12-3-2-4-17(26(12)41)23-16-5-6-18-24(19(16)10-20-25(23)22(40)11-21(32)27(20)42)29(44)39(28(18)43)15-8-13(30(33,34)35)7-14(9-15)31(36,37)38/h2-5,7-9,11,18-19,23-24,41H,6,10H2,1H3. The zero-order chi connectivity index (χ0) is 32.0. The number of para-hydroxylation sites is 1. The number of phenolic OH excluding ortho intramolecular Hbond substituents is 1. The quantitative estimate of drug-likeness (QED) is 0.165. The van der Waals surface area contributed by atoms with E-state index in [9.17, 15) is 50.6 Å². The van der Waals surface area contributed by atoms with Crippen molar-refractivity contribution in [3.63, 3.8) is 0 Å². The molecule has 0 bridgehead atoms. The van der Waals surface area contributed by atoms with Gasteiger partial charge < -0.3 is 5.11 Å². The molecule has 1 saturated heterocycles. The lowest BCUT2D eigenvalue weighted by atomic mass is 9.59. The minimum absolute atomic E-state index is 0.0349. The summed E-state index contributed by atoms with van der Waals surface area (Å²) in [5.74, 6) is -7.46. The summed E-state index contributed by atoms with van der Waals surface area (Å²) in [7, 11) is 0. The molecule has 13 heteroatoms. The number of ketones is 2. The topological polar surface area (TPSA) is 91.8 Å². The molecule has 228 valence electrons. The van der Waals surface area contributed by atoms with Gasteiger partial charge in [0.1, 0.15) is 5.75 Å². The second kappa shape index (κ2) is 10.0. The van der Waals surface area contributed by atoms with Gasteiger partial charge in [-0.3, -0.25) is 19.2 Å². The molecule has 4 aliphatic rings. The lowest BCUT2D eigenvalue weighted by Gasteiger charge is -2.42. The molecule has 1 N–H and O–H groups in total. The van der Waals surface area contributed by atoms with Crippen molar-refractivity contribution < 1.29 is 50.6 Å². The number of aromatic hydroxyl groups is 1. The predicted molar refractivity (Wildman–Crippen MR) is 146 cm³/mol. The van der Waals surface area contributed by atoms with Gasteiger partial charge in [-0.2, -0.15) is 26.3 Å².